The van der Waals surface area contributed by atoms with Gasteiger partial charge in [0.25, 0.3) is 0 Å². The molecule has 178 valence electrons. The molecule has 0 saturated heterocycles. The van der Waals surface area contributed by atoms with Gasteiger partial charge in [-0.25, -0.2) is 4.98 Å². The number of anilines is 1. The maximum atomic E-state index is 12.5. The highest BCUT2D eigenvalue weighted by molar-refractivity contribution is 5.98. The quantitative estimate of drug-likeness (QED) is 0.506. The van der Waals surface area contributed by atoms with Crippen molar-refractivity contribution >= 4 is 17.8 Å². The lowest BCUT2D eigenvalue weighted by Crippen LogP contribution is -2.30. The molecule has 1 saturated carbocycles. The van der Waals surface area contributed by atoms with E-state index in [0.29, 0.717) is 11.6 Å². The Labute approximate surface area is 197 Å². The summed E-state index contributed by atoms with van der Waals surface area (Å²) in [6.07, 6.45) is 8.73. The van der Waals surface area contributed by atoms with Crippen LogP contribution in [-0.4, -0.2) is 37.2 Å². The molecule has 0 spiro atoms. The molecule has 1 heterocycles. The third-order valence-corrected chi connectivity index (χ3v) is 6.24. The van der Waals surface area contributed by atoms with Gasteiger partial charge in [0.1, 0.15) is 17.3 Å². The molecule has 0 bridgehead atoms. The fraction of sp³-hybridized carbons (Fsp3) is 0.481. The van der Waals surface area contributed by atoms with E-state index < -0.39 is 0 Å². The van der Waals surface area contributed by atoms with Crippen molar-refractivity contribution in [1.82, 2.24) is 10.3 Å². The van der Waals surface area contributed by atoms with E-state index in [0.717, 1.165) is 45.1 Å². The number of hydrogen-bond acceptors (Lipinski definition) is 5. The number of methoxy groups -OCH3 is 2. The van der Waals surface area contributed by atoms with Crippen molar-refractivity contribution in [2.75, 3.05) is 19.5 Å². The largest absolute Gasteiger partial charge is 0.496 e. The van der Waals surface area contributed by atoms with Gasteiger partial charge in [-0.1, -0.05) is 12.8 Å². The van der Waals surface area contributed by atoms with Gasteiger partial charge in [0.2, 0.25) is 5.91 Å². The second kappa shape index (κ2) is 10.7. The van der Waals surface area contributed by atoms with Crippen LogP contribution in [0.15, 0.2) is 23.9 Å². The van der Waals surface area contributed by atoms with Crippen molar-refractivity contribution in [1.29, 1.82) is 0 Å². The number of amides is 1. The highest BCUT2D eigenvalue weighted by Gasteiger charge is 2.22. The fourth-order valence-corrected chi connectivity index (χ4v) is 4.57. The van der Waals surface area contributed by atoms with Crippen molar-refractivity contribution < 1.29 is 14.3 Å². The van der Waals surface area contributed by atoms with Crippen LogP contribution in [-0.2, 0) is 4.79 Å². The molecule has 33 heavy (non-hydrogen) atoms. The number of benzene rings is 1. The number of pyridine rings is 1. The summed E-state index contributed by atoms with van der Waals surface area (Å²) in [7, 11) is 3.33. The Kier molecular flexibility index (Phi) is 8.01. The van der Waals surface area contributed by atoms with E-state index in [2.05, 4.69) is 21.7 Å². The van der Waals surface area contributed by atoms with Crippen LogP contribution in [0.3, 0.4) is 0 Å². The zero-order valence-electron chi connectivity index (χ0n) is 21.0. The van der Waals surface area contributed by atoms with E-state index in [-0.39, 0.29) is 11.9 Å². The molecule has 1 aromatic heterocycles. The van der Waals surface area contributed by atoms with Crippen LogP contribution < -0.4 is 20.1 Å². The van der Waals surface area contributed by atoms with E-state index in [4.69, 9.17) is 9.47 Å². The Hall–Kier alpha value is -3.02. The maximum absolute atomic E-state index is 12.5. The minimum absolute atomic E-state index is 0.0705. The van der Waals surface area contributed by atoms with Crippen LogP contribution in [0.4, 0.5) is 5.82 Å². The summed E-state index contributed by atoms with van der Waals surface area (Å²) in [5, 5.41) is 6.48. The molecule has 1 aliphatic rings. The zero-order chi connectivity index (χ0) is 24.1. The summed E-state index contributed by atoms with van der Waals surface area (Å²) in [5.74, 6) is 2.29. The normalized spacial score (nSPS) is 14.5. The van der Waals surface area contributed by atoms with E-state index in [1.165, 1.54) is 25.7 Å². The first kappa shape index (κ1) is 24.6. The average molecular weight is 452 g/mol. The molecule has 1 aromatic carbocycles. The highest BCUT2D eigenvalue weighted by Crippen LogP contribution is 2.44. The van der Waals surface area contributed by atoms with Crippen molar-refractivity contribution in [3.8, 4) is 22.6 Å². The molecule has 0 aliphatic heterocycles. The number of carbonyl (C=O) groups is 1. The lowest BCUT2D eigenvalue weighted by Gasteiger charge is -2.21. The Balaban J connectivity index is 2.03. The molecule has 3 rings (SSSR count). The number of rotatable bonds is 8. The summed E-state index contributed by atoms with van der Waals surface area (Å²) in [6.45, 7) is 9.71. The SMILES string of the molecule is COc1c(C)c(-c2ccc(NC3CCCC3)nc2)c(OC)c(C)c1/C=C(\C)C(=O)NC(C)C. The van der Waals surface area contributed by atoms with Gasteiger partial charge in [0, 0.05) is 51.7 Å². The first-order chi connectivity index (χ1) is 15.8. The molecule has 1 aliphatic carbocycles. The Morgan fingerprint density at radius 3 is 2.30 bits per heavy atom. The Morgan fingerprint density at radius 1 is 1.09 bits per heavy atom. The van der Waals surface area contributed by atoms with Gasteiger partial charge in [-0.2, -0.15) is 0 Å². The molecule has 0 unspecified atom stereocenters. The predicted octanol–water partition coefficient (Wildman–Crippen LogP) is 5.67. The molecule has 0 radical (unpaired) electrons. The minimum Gasteiger partial charge on any atom is -0.496 e. The van der Waals surface area contributed by atoms with Crippen molar-refractivity contribution in [2.24, 2.45) is 0 Å². The Morgan fingerprint density at radius 2 is 1.76 bits per heavy atom. The second-order valence-electron chi connectivity index (χ2n) is 9.12. The second-order valence-corrected chi connectivity index (χ2v) is 9.12. The van der Waals surface area contributed by atoms with Crippen LogP contribution >= 0.6 is 0 Å². The summed E-state index contributed by atoms with van der Waals surface area (Å²) in [6, 6.07) is 4.69. The van der Waals surface area contributed by atoms with Gasteiger partial charge in [0.15, 0.2) is 0 Å². The lowest BCUT2D eigenvalue weighted by molar-refractivity contribution is -0.117. The average Bonchev–Trinajstić information content (AvgIpc) is 3.29. The number of hydrogen-bond donors (Lipinski definition) is 2. The van der Waals surface area contributed by atoms with Crippen LogP contribution in [0.5, 0.6) is 11.5 Å². The maximum Gasteiger partial charge on any atom is 0.247 e. The number of ether oxygens (including phenoxy) is 2. The van der Waals surface area contributed by atoms with Gasteiger partial charge < -0.3 is 20.1 Å². The van der Waals surface area contributed by atoms with Gasteiger partial charge in [-0.05, 0) is 65.7 Å². The van der Waals surface area contributed by atoms with Crippen LogP contribution in [0.25, 0.3) is 17.2 Å². The number of aromatic nitrogens is 1. The van der Waals surface area contributed by atoms with E-state index in [1.807, 2.05) is 53.0 Å². The monoisotopic (exact) mass is 451 g/mol. The molecule has 6 nitrogen and oxygen atoms in total. The first-order valence-corrected chi connectivity index (χ1v) is 11.7. The van der Waals surface area contributed by atoms with Gasteiger partial charge in [-0.3, -0.25) is 4.79 Å². The number of carbonyl (C=O) groups excluding carboxylic acids is 1. The summed E-state index contributed by atoms with van der Waals surface area (Å²) in [4.78, 5) is 17.2. The molecule has 2 aromatic rings. The van der Waals surface area contributed by atoms with E-state index in [1.54, 1.807) is 14.2 Å². The molecule has 2 N–H and O–H groups in total. The molecular formula is C27H37N3O3. The molecule has 6 heteroatoms. The third-order valence-electron chi connectivity index (χ3n) is 6.24. The van der Waals surface area contributed by atoms with Crippen molar-refractivity contribution in [2.45, 2.75) is 72.4 Å². The molecular weight excluding hydrogens is 414 g/mol. The standard InChI is InChI=1S/C27H37N3O3/c1-16(2)29-27(31)17(3)14-22-18(4)26(33-7)24(19(5)25(22)32-6)20-12-13-23(28-15-20)30-21-10-8-9-11-21/h12-16,21H,8-11H2,1-7H3,(H,28,30)(H,29,31)/b17-14+. The van der Waals surface area contributed by atoms with Gasteiger partial charge in [0.05, 0.1) is 14.2 Å². The predicted molar refractivity (Wildman–Crippen MR) is 135 cm³/mol. The van der Waals surface area contributed by atoms with Crippen molar-refractivity contribution in [3.05, 3.63) is 40.6 Å². The summed E-state index contributed by atoms with van der Waals surface area (Å²) >= 11 is 0. The molecule has 0 atom stereocenters. The zero-order valence-corrected chi connectivity index (χ0v) is 21.0. The third kappa shape index (κ3) is 5.49. The van der Waals surface area contributed by atoms with Crippen molar-refractivity contribution in [3.63, 3.8) is 0 Å². The van der Waals surface area contributed by atoms with E-state index in [9.17, 15) is 4.79 Å². The Bertz CT molecular complexity index is 1020. The van der Waals surface area contributed by atoms with Crippen LogP contribution in [0.2, 0.25) is 0 Å². The summed E-state index contributed by atoms with van der Waals surface area (Å²) < 4.78 is 11.7. The molecule has 1 fully saturated rings. The highest BCUT2D eigenvalue weighted by atomic mass is 16.5. The van der Waals surface area contributed by atoms with Gasteiger partial charge >= 0.3 is 0 Å². The lowest BCUT2D eigenvalue weighted by atomic mass is 9.91. The summed E-state index contributed by atoms with van der Waals surface area (Å²) in [5.41, 5.74) is 5.24. The van der Waals surface area contributed by atoms with Crippen LogP contribution in [0, 0.1) is 13.8 Å². The number of nitrogens with zero attached hydrogens (tertiary/aromatic N) is 1. The first-order valence-electron chi connectivity index (χ1n) is 11.7. The van der Waals surface area contributed by atoms with E-state index >= 15 is 0 Å². The topological polar surface area (TPSA) is 72.5 Å². The van der Waals surface area contributed by atoms with Gasteiger partial charge in [-0.15, -0.1) is 0 Å². The fourth-order valence-electron chi connectivity index (χ4n) is 4.57. The number of nitrogens with one attached hydrogen (secondary N) is 2. The smallest absolute Gasteiger partial charge is 0.247 e. The van der Waals surface area contributed by atoms with Crippen LogP contribution in [0.1, 0.15) is 63.1 Å². The minimum atomic E-state index is -0.0956. The molecule has 1 amide bonds.